The summed E-state index contributed by atoms with van der Waals surface area (Å²) in [5.41, 5.74) is 0.797. The molecule has 1 aromatic carbocycles. The monoisotopic (exact) mass is 180 g/mol. The Bertz CT molecular complexity index is 368. The summed E-state index contributed by atoms with van der Waals surface area (Å²) in [7, 11) is 1.62. The molecule has 0 N–H and O–H groups in total. The molecule has 0 saturated carbocycles. The zero-order chi connectivity index (χ0) is 9.10. The Balaban J connectivity index is 2.33. The normalized spacial score (nSPS) is 9.92. The summed E-state index contributed by atoms with van der Waals surface area (Å²) >= 11 is 0. The van der Waals surface area contributed by atoms with Crippen molar-refractivity contribution in [3.63, 3.8) is 0 Å². The lowest BCUT2D eigenvalue weighted by Crippen LogP contribution is -1.98. The van der Waals surface area contributed by atoms with Gasteiger partial charge in [0, 0.05) is 0 Å². The van der Waals surface area contributed by atoms with Crippen LogP contribution < -0.4 is 4.74 Å². The van der Waals surface area contributed by atoms with Crippen LogP contribution in [0, 0.1) is 0 Å². The number of hydrogen-bond donors (Lipinski definition) is 0. The molecule has 0 fully saturated rings. The number of nitrogens with zero attached hydrogens (tertiary/aromatic N) is 5. The van der Waals surface area contributed by atoms with Gasteiger partial charge in [-0.1, -0.05) is 0 Å². The van der Waals surface area contributed by atoms with Crippen LogP contribution in [0.1, 0.15) is 0 Å². The van der Waals surface area contributed by atoms with Crippen molar-refractivity contribution in [3.05, 3.63) is 24.3 Å². The number of rotatable bonds is 2. The van der Waals surface area contributed by atoms with Gasteiger partial charge in [-0.05, 0) is 45.1 Å². The molecule has 6 nitrogen and oxygen atoms in total. The highest BCUT2D eigenvalue weighted by Crippen LogP contribution is 2.12. The minimum atomic E-state index is 0.789. The molecule has 0 aliphatic rings. The average molecular weight is 180 g/mol. The van der Waals surface area contributed by atoms with Crippen molar-refractivity contribution in [2.24, 2.45) is 0 Å². The van der Waals surface area contributed by atoms with Gasteiger partial charge >= 0.3 is 0 Å². The molecule has 0 unspecified atom stereocenters. The molecule has 1 aromatic heterocycles. The van der Waals surface area contributed by atoms with Crippen molar-refractivity contribution in [2.75, 3.05) is 7.11 Å². The van der Waals surface area contributed by atoms with Crippen LogP contribution in [0.3, 0.4) is 0 Å². The molecule has 1 heterocycles. The lowest BCUT2D eigenvalue weighted by Gasteiger charge is -1.99. The van der Waals surface area contributed by atoms with Crippen LogP contribution >= 0.6 is 0 Å². The summed E-state index contributed by atoms with van der Waals surface area (Å²) in [4.78, 5) is 1.33. The summed E-state index contributed by atoms with van der Waals surface area (Å²) < 4.78 is 5.01. The van der Waals surface area contributed by atoms with Crippen LogP contribution in [-0.2, 0) is 0 Å². The molecule has 0 bridgehead atoms. The number of aromatic nitrogens is 5. The van der Waals surface area contributed by atoms with Gasteiger partial charge in [-0.25, -0.2) is 0 Å². The van der Waals surface area contributed by atoms with Gasteiger partial charge in [0.05, 0.1) is 12.8 Å². The van der Waals surface area contributed by atoms with E-state index < -0.39 is 0 Å². The molecule has 0 saturated heterocycles. The number of hydrogen-bond acceptors (Lipinski definition) is 5. The van der Waals surface area contributed by atoms with Crippen molar-refractivity contribution in [2.45, 2.75) is 0 Å². The largest absolute Gasteiger partial charge is 0.497 e. The van der Waals surface area contributed by atoms with E-state index in [9.17, 15) is 0 Å². The molecule has 0 atom stereocenters. The Labute approximate surface area is 74.1 Å². The molecule has 0 radical (unpaired) electrons. The standard InChI is InChI=1S/C7H7N5O/c1-13-7-4-2-6(3-5-7)12-10-8-9-11-12/h2-5H,1H3/i8+1,10+1,12+1. The van der Waals surface area contributed by atoms with Crippen molar-refractivity contribution in [3.8, 4) is 11.4 Å². The van der Waals surface area contributed by atoms with Gasteiger partial charge in [0.2, 0.25) is 0 Å². The van der Waals surface area contributed by atoms with E-state index >= 15 is 0 Å². The number of ether oxygens (including phenoxy) is 1. The maximum atomic E-state index is 5.01. The fraction of sp³-hybridized carbons (Fsp3) is 0.143. The predicted octanol–water partition coefficient (Wildman–Crippen LogP) is 0.0659. The van der Waals surface area contributed by atoms with Crippen LogP contribution in [0.5, 0.6) is 5.75 Å². The van der Waals surface area contributed by atoms with E-state index in [0.29, 0.717) is 0 Å². The van der Waals surface area contributed by atoms with E-state index in [2.05, 4.69) is 20.9 Å². The fourth-order valence-electron chi connectivity index (χ4n) is 0.948. The summed E-state index contributed by atoms with van der Waals surface area (Å²) in [5.74, 6) is 0.789. The van der Waals surface area contributed by atoms with Gasteiger partial charge in [-0.3, -0.25) is 0 Å². The number of methoxy groups -OCH3 is 1. The summed E-state index contributed by atoms with van der Waals surface area (Å²) in [6, 6.07) is 7.28. The van der Waals surface area contributed by atoms with Crippen molar-refractivity contribution in [1.29, 1.82) is 0 Å². The topological polar surface area (TPSA) is 65.7 Å². The highest BCUT2D eigenvalue weighted by Gasteiger charge is 1.98. The summed E-state index contributed by atoms with van der Waals surface area (Å²) in [6.45, 7) is 0. The van der Waals surface area contributed by atoms with E-state index in [1.807, 2.05) is 24.3 Å². The van der Waals surface area contributed by atoms with E-state index in [4.69, 9.17) is 4.74 Å². The Morgan fingerprint density at radius 3 is 2.23 bits per heavy atom. The smallest absolute Gasteiger partial charge is 0.119 e. The lowest BCUT2D eigenvalue weighted by atomic mass is 10.3. The fourth-order valence-corrected chi connectivity index (χ4v) is 0.948. The first-order valence-corrected chi connectivity index (χ1v) is 3.66. The van der Waals surface area contributed by atoms with Crippen LogP contribution in [0.25, 0.3) is 5.69 Å². The Hall–Kier alpha value is -1.98. The molecule has 0 amide bonds. The van der Waals surface area contributed by atoms with Gasteiger partial charge in [0.1, 0.15) is 5.75 Å². The molecule has 2 rings (SSSR count). The second-order valence-electron chi connectivity index (χ2n) is 2.35. The molecule has 66 valence electrons. The van der Waals surface area contributed by atoms with E-state index in [1.54, 1.807) is 7.11 Å². The van der Waals surface area contributed by atoms with Crippen molar-refractivity contribution < 1.29 is 4.74 Å². The third-order valence-electron chi connectivity index (χ3n) is 1.59. The average Bonchev–Trinajstić information content (AvgIpc) is 2.71. The second-order valence-corrected chi connectivity index (χ2v) is 2.35. The highest BCUT2D eigenvalue weighted by atomic mass is 16.5. The maximum absolute atomic E-state index is 5.01. The van der Waals surface area contributed by atoms with Crippen LogP contribution in [0.4, 0.5) is 0 Å². The molecular formula is C7H7N5O. The first kappa shape index (κ1) is 7.66. The maximum Gasteiger partial charge on any atom is 0.119 e. The molecule has 6 heteroatoms. The molecule has 2 aromatic rings. The molecular weight excluding hydrogens is 173 g/mol. The van der Waals surface area contributed by atoms with Gasteiger partial charge < -0.3 is 4.74 Å². The van der Waals surface area contributed by atoms with Crippen LogP contribution in [0.2, 0.25) is 0 Å². The third-order valence-corrected chi connectivity index (χ3v) is 1.59. The molecule has 13 heavy (non-hydrogen) atoms. The molecule has 0 aliphatic carbocycles. The van der Waals surface area contributed by atoms with E-state index in [-0.39, 0.29) is 0 Å². The number of benzene rings is 1. The zero-order valence-corrected chi connectivity index (χ0v) is 6.95. The Morgan fingerprint density at radius 2 is 1.69 bits per heavy atom. The third kappa shape index (κ3) is 1.46. The van der Waals surface area contributed by atoms with E-state index in [1.165, 1.54) is 4.80 Å². The summed E-state index contributed by atoms with van der Waals surface area (Å²) in [5, 5.41) is 14.0. The van der Waals surface area contributed by atoms with Crippen molar-refractivity contribution >= 4 is 0 Å². The quantitative estimate of drug-likeness (QED) is 0.654. The second kappa shape index (κ2) is 3.18. The van der Waals surface area contributed by atoms with Crippen LogP contribution in [-0.4, -0.2) is 32.8 Å². The van der Waals surface area contributed by atoms with Gasteiger partial charge in [0.25, 0.3) is 0 Å². The SMILES string of the molecule is COc1ccc(-[15n]2nn[15n][15n]2)cc1. The zero-order valence-electron chi connectivity index (χ0n) is 6.95. The van der Waals surface area contributed by atoms with Gasteiger partial charge in [-0.15, -0.1) is 4.80 Å². The first-order chi connectivity index (χ1) is 6.40. The minimum Gasteiger partial charge on any atom is -0.497 e. The molecule has 0 aliphatic heterocycles. The highest BCUT2D eigenvalue weighted by molar-refractivity contribution is 5.35. The summed E-state index contributed by atoms with van der Waals surface area (Å²) in [6.07, 6.45) is 0. The Kier molecular flexibility index (Phi) is 1.87. The Morgan fingerprint density at radius 1 is 1.08 bits per heavy atom. The van der Waals surface area contributed by atoms with Crippen molar-refractivity contribution in [1.82, 2.24) is 25.7 Å². The van der Waals surface area contributed by atoms with E-state index in [0.717, 1.165) is 11.4 Å². The lowest BCUT2D eigenvalue weighted by molar-refractivity contribution is 0.414. The predicted molar refractivity (Wildman–Crippen MR) is 43.5 cm³/mol. The van der Waals surface area contributed by atoms with Crippen LogP contribution in [0.15, 0.2) is 24.3 Å². The minimum absolute atomic E-state index is 0.789. The molecule has 0 spiro atoms. The first-order valence-electron chi connectivity index (χ1n) is 3.66. The van der Waals surface area contributed by atoms with Gasteiger partial charge in [-0.2, -0.15) is 0 Å². The van der Waals surface area contributed by atoms with Gasteiger partial charge in [0.15, 0.2) is 0 Å².